The third-order valence-corrected chi connectivity index (χ3v) is 4.64. The normalized spacial score (nSPS) is 19.2. The van der Waals surface area contributed by atoms with Gasteiger partial charge in [0, 0.05) is 10.6 Å². The highest BCUT2D eigenvalue weighted by atomic mass is 35.5. The Balaban J connectivity index is 2.24. The third kappa shape index (κ3) is 1.90. The lowest BCUT2D eigenvalue weighted by Crippen LogP contribution is -2.32. The van der Waals surface area contributed by atoms with Crippen molar-refractivity contribution in [2.24, 2.45) is 0 Å². The van der Waals surface area contributed by atoms with E-state index in [1.165, 1.54) is 32.1 Å². The molecule has 1 aromatic heterocycles. The molecule has 0 bridgehead atoms. The summed E-state index contributed by atoms with van der Waals surface area (Å²) in [6.07, 6.45) is 6.30. The Hall–Kier alpha value is -0.800. The molecule has 1 N–H and O–H groups in total. The van der Waals surface area contributed by atoms with Crippen molar-refractivity contribution in [1.82, 2.24) is 9.55 Å². The van der Waals surface area contributed by atoms with Crippen molar-refractivity contribution in [3.8, 4) is 0 Å². The molecule has 2 nitrogen and oxygen atoms in total. The second-order valence-electron chi connectivity index (χ2n) is 5.48. The first kappa shape index (κ1) is 12.2. The standard InChI is InChI=1S/C14H17ClN2S/c1-14(7-3-2-4-8-14)17-12-9-10(15)5-6-11(12)16-13(17)18/h5-6,9H,2-4,7-8H2,1H3,(H,16,18). The van der Waals surface area contributed by atoms with Gasteiger partial charge in [-0.2, -0.15) is 0 Å². The van der Waals surface area contributed by atoms with Crippen LogP contribution in [0.3, 0.4) is 0 Å². The van der Waals surface area contributed by atoms with Crippen LogP contribution >= 0.6 is 23.8 Å². The maximum absolute atomic E-state index is 6.12. The highest BCUT2D eigenvalue weighted by Crippen LogP contribution is 2.37. The zero-order chi connectivity index (χ0) is 12.8. The lowest BCUT2D eigenvalue weighted by Gasteiger charge is -2.35. The van der Waals surface area contributed by atoms with Crippen molar-refractivity contribution in [1.29, 1.82) is 0 Å². The molecular weight excluding hydrogens is 264 g/mol. The van der Waals surface area contributed by atoms with Gasteiger partial charge in [-0.1, -0.05) is 30.9 Å². The molecule has 2 aromatic rings. The number of benzene rings is 1. The number of aromatic amines is 1. The molecule has 0 atom stereocenters. The van der Waals surface area contributed by atoms with E-state index in [9.17, 15) is 0 Å². The molecule has 0 amide bonds. The predicted octanol–water partition coefficient (Wildman–Crippen LogP) is 5.03. The molecule has 0 spiro atoms. The Labute approximate surface area is 117 Å². The first-order chi connectivity index (χ1) is 8.60. The van der Waals surface area contributed by atoms with Crippen molar-refractivity contribution in [3.05, 3.63) is 28.0 Å². The van der Waals surface area contributed by atoms with E-state index >= 15 is 0 Å². The van der Waals surface area contributed by atoms with Crippen LogP contribution in [0, 0.1) is 4.77 Å². The monoisotopic (exact) mass is 280 g/mol. The summed E-state index contributed by atoms with van der Waals surface area (Å²) in [5.41, 5.74) is 2.35. The number of fused-ring (bicyclic) bond motifs is 1. The van der Waals surface area contributed by atoms with Crippen molar-refractivity contribution in [3.63, 3.8) is 0 Å². The molecule has 3 rings (SSSR count). The van der Waals surface area contributed by atoms with E-state index in [1.54, 1.807) is 0 Å². The first-order valence-corrected chi connectivity index (χ1v) is 7.30. The average molecular weight is 281 g/mol. The number of nitrogens with zero attached hydrogens (tertiary/aromatic N) is 1. The van der Waals surface area contributed by atoms with E-state index in [2.05, 4.69) is 16.5 Å². The fourth-order valence-electron chi connectivity index (χ4n) is 3.15. The fourth-order valence-corrected chi connectivity index (χ4v) is 3.74. The summed E-state index contributed by atoms with van der Waals surface area (Å²) in [4.78, 5) is 3.30. The number of H-pyrrole nitrogens is 1. The van der Waals surface area contributed by atoms with Crippen molar-refractivity contribution < 1.29 is 0 Å². The van der Waals surface area contributed by atoms with Crippen molar-refractivity contribution >= 4 is 34.9 Å². The van der Waals surface area contributed by atoms with E-state index in [0.717, 1.165) is 20.8 Å². The quantitative estimate of drug-likeness (QED) is 0.727. The van der Waals surface area contributed by atoms with Gasteiger partial charge in [0.05, 0.1) is 11.0 Å². The molecule has 1 aliphatic carbocycles. The zero-order valence-corrected chi connectivity index (χ0v) is 12.1. The lowest BCUT2D eigenvalue weighted by atomic mass is 9.83. The van der Waals surface area contributed by atoms with Crippen LogP contribution in [0.5, 0.6) is 0 Å². The van der Waals surface area contributed by atoms with Crippen LogP contribution < -0.4 is 0 Å². The molecule has 4 heteroatoms. The topological polar surface area (TPSA) is 20.7 Å². The average Bonchev–Trinajstić information content (AvgIpc) is 2.66. The van der Waals surface area contributed by atoms with E-state index in [4.69, 9.17) is 23.8 Å². The van der Waals surface area contributed by atoms with Gasteiger partial charge in [0.1, 0.15) is 0 Å². The van der Waals surface area contributed by atoms with Crippen LogP contribution in [0.25, 0.3) is 11.0 Å². The molecule has 96 valence electrons. The smallest absolute Gasteiger partial charge is 0.178 e. The number of nitrogens with one attached hydrogen (secondary N) is 1. The molecule has 0 saturated heterocycles. The minimum atomic E-state index is 0.137. The maximum atomic E-state index is 6.12. The van der Waals surface area contributed by atoms with Crippen LogP contribution in [0.1, 0.15) is 39.0 Å². The van der Waals surface area contributed by atoms with Gasteiger partial charge in [-0.15, -0.1) is 0 Å². The summed E-state index contributed by atoms with van der Waals surface area (Å²) in [6.45, 7) is 2.32. The number of halogens is 1. The molecule has 1 fully saturated rings. The number of imidazole rings is 1. The third-order valence-electron chi connectivity index (χ3n) is 4.12. The highest BCUT2D eigenvalue weighted by molar-refractivity contribution is 7.71. The first-order valence-electron chi connectivity index (χ1n) is 6.51. The number of hydrogen-bond donors (Lipinski definition) is 1. The fraction of sp³-hybridized carbons (Fsp3) is 0.500. The Bertz CT molecular complexity index is 635. The second kappa shape index (κ2) is 4.39. The van der Waals surface area contributed by atoms with E-state index in [0.29, 0.717) is 0 Å². The molecule has 0 aliphatic heterocycles. The minimum Gasteiger partial charge on any atom is -0.331 e. The van der Waals surface area contributed by atoms with E-state index in [-0.39, 0.29) is 5.54 Å². The molecule has 1 heterocycles. The Kier molecular flexibility index (Phi) is 2.99. The molecular formula is C14H17ClN2S. The van der Waals surface area contributed by atoms with Gasteiger partial charge in [-0.05, 0) is 50.2 Å². The Morgan fingerprint density at radius 1 is 1.28 bits per heavy atom. The van der Waals surface area contributed by atoms with Crippen LogP contribution in [0.15, 0.2) is 18.2 Å². The van der Waals surface area contributed by atoms with Gasteiger partial charge in [0.2, 0.25) is 0 Å². The second-order valence-corrected chi connectivity index (χ2v) is 6.31. The maximum Gasteiger partial charge on any atom is 0.178 e. The van der Waals surface area contributed by atoms with Gasteiger partial charge in [-0.3, -0.25) is 0 Å². The zero-order valence-electron chi connectivity index (χ0n) is 10.5. The SMILES string of the molecule is CC1(n2c(=S)[nH]c3ccc(Cl)cc32)CCCCC1. The van der Waals surface area contributed by atoms with Crippen molar-refractivity contribution in [2.75, 3.05) is 0 Å². The van der Waals surface area contributed by atoms with Gasteiger partial charge < -0.3 is 9.55 Å². The van der Waals surface area contributed by atoms with Gasteiger partial charge in [-0.25, -0.2) is 0 Å². The predicted molar refractivity (Wildman–Crippen MR) is 78.9 cm³/mol. The van der Waals surface area contributed by atoms with Gasteiger partial charge in [0.15, 0.2) is 4.77 Å². The van der Waals surface area contributed by atoms with Crippen molar-refractivity contribution in [2.45, 2.75) is 44.6 Å². The van der Waals surface area contributed by atoms with E-state index in [1.807, 2.05) is 18.2 Å². The summed E-state index contributed by atoms with van der Waals surface area (Å²) in [7, 11) is 0. The number of rotatable bonds is 1. The minimum absolute atomic E-state index is 0.137. The molecule has 1 aromatic carbocycles. The van der Waals surface area contributed by atoms with Crippen LogP contribution in [-0.4, -0.2) is 9.55 Å². The highest BCUT2D eigenvalue weighted by Gasteiger charge is 2.30. The summed E-state index contributed by atoms with van der Waals surface area (Å²) in [5.74, 6) is 0. The molecule has 0 unspecified atom stereocenters. The summed E-state index contributed by atoms with van der Waals surface area (Å²) in [6, 6.07) is 5.93. The lowest BCUT2D eigenvalue weighted by molar-refractivity contribution is 0.222. The molecule has 18 heavy (non-hydrogen) atoms. The Morgan fingerprint density at radius 2 is 2.00 bits per heavy atom. The molecule has 0 radical (unpaired) electrons. The number of hydrogen-bond acceptors (Lipinski definition) is 1. The number of aromatic nitrogens is 2. The van der Waals surface area contributed by atoms with Crippen LogP contribution in [-0.2, 0) is 5.54 Å². The Morgan fingerprint density at radius 3 is 2.72 bits per heavy atom. The summed E-state index contributed by atoms with van der Waals surface area (Å²) in [5, 5.41) is 0.768. The molecule has 1 saturated carbocycles. The summed E-state index contributed by atoms with van der Waals surface area (Å²) < 4.78 is 3.10. The van der Waals surface area contributed by atoms with Gasteiger partial charge >= 0.3 is 0 Å². The largest absolute Gasteiger partial charge is 0.331 e. The van der Waals surface area contributed by atoms with E-state index < -0.39 is 0 Å². The van der Waals surface area contributed by atoms with Crippen LogP contribution in [0.2, 0.25) is 5.02 Å². The molecule has 1 aliphatic rings. The van der Waals surface area contributed by atoms with Gasteiger partial charge in [0.25, 0.3) is 0 Å². The summed E-state index contributed by atoms with van der Waals surface area (Å²) >= 11 is 11.6. The van der Waals surface area contributed by atoms with Crippen LogP contribution in [0.4, 0.5) is 0 Å².